The monoisotopic (exact) mass is 398 g/mol. The zero-order chi connectivity index (χ0) is 19.2. The lowest BCUT2D eigenvalue weighted by Gasteiger charge is -2.08. The van der Waals surface area contributed by atoms with Crippen molar-refractivity contribution in [1.29, 1.82) is 0 Å². The second-order valence-corrected chi connectivity index (χ2v) is 7.96. The number of hydrogen-bond acceptors (Lipinski definition) is 6. The molecule has 0 bridgehead atoms. The Morgan fingerprint density at radius 3 is 2.41 bits per heavy atom. The fourth-order valence-electron chi connectivity index (χ4n) is 2.50. The first-order valence-electron chi connectivity index (χ1n) is 8.31. The Hall–Kier alpha value is -2.64. The highest BCUT2D eigenvalue weighted by molar-refractivity contribution is 8.01. The molecule has 27 heavy (non-hydrogen) atoms. The quantitative estimate of drug-likeness (QED) is 0.469. The van der Waals surface area contributed by atoms with Crippen LogP contribution in [0.25, 0.3) is 11.3 Å². The number of ether oxygens (including phenoxy) is 1. The van der Waals surface area contributed by atoms with Gasteiger partial charge in [-0.2, -0.15) is 0 Å². The highest BCUT2D eigenvalue weighted by atomic mass is 32.2. The highest BCUT2D eigenvalue weighted by Gasteiger charge is 2.20. The van der Waals surface area contributed by atoms with Crippen molar-refractivity contribution in [3.8, 4) is 11.3 Å². The van der Waals surface area contributed by atoms with Crippen molar-refractivity contribution < 1.29 is 14.3 Å². The number of thioether (sulfide) groups is 1. The number of amides is 1. The summed E-state index contributed by atoms with van der Waals surface area (Å²) in [7, 11) is 1.29. The first kappa shape index (κ1) is 19.1. The van der Waals surface area contributed by atoms with Gasteiger partial charge in [0.2, 0.25) is 0 Å². The average molecular weight is 399 g/mol. The molecule has 138 valence electrons. The molecule has 0 saturated heterocycles. The van der Waals surface area contributed by atoms with Crippen LogP contribution in [0.1, 0.15) is 27.6 Å². The summed E-state index contributed by atoms with van der Waals surface area (Å²) < 4.78 is 5.66. The van der Waals surface area contributed by atoms with Crippen LogP contribution in [-0.2, 0) is 4.74 Å². The van der Waals surface area contributed by atoms with E-state index in [1.807, 2.05) is 30.3 Å². The molecule has 0 aliphatic heterocycles. The molecule has 0 aliphatic carbocycles. The maximum Gasteiger partial charge on any atom is 0.338 e. The first-order valence-corrected chi connectivity index (χ1v) is 10.1. The standard InChI is InChI=1S/C20H18N2O3S2/c1-3-26-20-21-16(13-9-5-4-6-10-13)18(27-20)22-17(23)14-11-7-8-12-15(14)19(24)25-2/h4-12H,3H2,1-2H3,(H,22,23). The highest BCUT2D eigenvalue weighted by Crippen LogP contribution is 2.37. The lowest BCUT2D eigenvalue weighted by atomic mass is 10.1. The Kier molecular flexibility index (Phi) is 6.26. The number of thiazole rings is 1. The maximum absolute atomic E-state index is 12.9. The Bertz CT molecular complexity index is 955. The third-order valence-corrected chi connectivity index (χ3v) is 5.72. The number of benzene rings is 2. The molecule has 0 aliphatic rings. The summed E-state index contributed by atoms with van der Waals surface area (Å²) in [5.74, 6) is -0.0271. The van der Waals surface area contributed by atoms with Crippen LogP contribution in [-0.4, -0.2) is 29.7 Å². The molecule has 0 unspecified atom stereocenters. The van der Waals surface area contributed by atoms with E-state index < -0.39 is 5.97 Å². The predicted molar refractivity (Wildman–Crippen MR) is 110 cm³/mol. The molecule has 1 heterocycles. The van der Waals surface area contributed by atoms with Gasteiger partial charge in [-0.1, -0.05) is 72.5 Å². The number of methoxy groups -OCH3 is 1. The number of nitrogens with zero attached hydrogens (tertiary/aromatic N) is 1. The minimum absolute atomic E-state index is 0.228. The fourth-order valence-corrected chi connectivity index (χ4v) is 4.46. The summed E-state index contributed by atoms with van der Waals surface area (Å²) in [6.07, 6.45) is 0. The van der Waals surface area contributed by atoms with Crippen molar-refractivity contribution in [1.82, 2.24) is 4.98 Å². The SMILES string of the molecule is CCSc1nc(-c2ccccc2)c(NC(=O)c2ccccc2C(=O)OC)s1. The van der Waals surface area contributed by atoms with E-state index in [4.69, 9.17) is 4.74 Å². The molecule has 1 amide bonds. The Balaban J connectivity index is 1.96. The van der Waals surface area contributed by atoms with Gasteiger partial charge in [-0.15, -0.1) is 0 Å². The van der Waals surface area contributed by atoms with Crippen LogP contribution in [0.3, 0.4) is 0 Å². The van der Waals surface area contributed by atoms with E-state index in [1.165, 1.54) is 18.4 Å². The first-order chi connectivity index (χ1) is 13.1. The minimum atomic E-state index is -0.546. The van der Waals surface area contributed by atoms with E-state index in [0.29, 0.717) is 5.00 Å². The topological polar surface area (TPSA) is 68.3 Å². The molecule has 1 aromatic heterocycles. The summed E-state index contributed by atoms with van der Waals surface area (Å²) in [5.41, 5.74) is 2.14. The van der Waals surface area contributed by atoms with Gasteiger partial charge in [-0.3, -0.25) is 4.79 Å². The molecule has 2 aromatic carbocycles. The van der Waals surface area contributed by atoms with Crippen LogP contribution >= 0.6 is 23.1 Å². The van der Waals surface area contributed by atoms with Crippen molar-refractivity contribution in [2.75, 3.05) is 18.2 Å². The number of aromatic nitrogens is 1. The predicted octanol–water partition coefficient (Wildman–Crippen LogP) is 4.96. The lowest BCUT2D eigenvalue weighted by Crippen LogP contribution is -2.16. The zero-order valence-corrected chi connectivity index (χ0v) is 16.5. The zero-order valence-electron chi connectivity index (χ0n) is 14.9. The van der Waals surface area contributed by atoms with E-state index in [2.05, 4.69) is 17.2 Å². The second-order valence-electron chi connectivity index (χ2n) is 5.45. The summed E-state index contributed by atoms with van der Waals surface area (Å²) in [6.45, 7) is 2.05. The van der Waals surface area contributed by atoms with Gasteiger partial charge < -0.3 is 10.1 Å². The van der Waals surface area contributed by atoms with Gasteiger partial charge in [0.05, 0.1) is 18.2 Å². The summed E-state index contributed by atoms with van der Waals surface area (Å²) >= 11 is 3.05. The Labute approximate surface area is 165 Å². The average Bonchev–Trinajstić information content (AvgIpc) is 3.10. The number of carbonyl (C=O) groups is 2. The molecular formula is C20H18N2O3S2. The van der Waals surface area contributed by atoms with Crippen LogP contribution < -0.4 is 5.32 Å². The van der Waals surface area contributed by atoms with Crippen LogP contribution in [0.5, 0.6) is 0 Å². The van der Waals surface area contributed by atoms with Crippen molar-refractivity contribution >= 4 is 40.0 Å². The summed E-state index contributed by atoms with van der Waals surface area (Å²) in [6, 6.07) is 16.3. The third kappa shape index (κ3) is 4.37. The molecule has 3 rings (SSSR count). The van der Waals surface area contributed by atoms with Crippen LogP contribution in [0.2, 0.25) is 0 Å². The van der Waals surface area contributed by atoms with Crippen molar-refractivity contribution in [3.05, 3.63) is 65.7 Å². The molecule has 0 radical (unpaired) electrons. The van der Waals surface area contributed by atoms with Crippen LogP contribution in [0, 0.1) is 0 Å². The van der Waals surface area contributed by atoms with E-state index >= 15 is 0 Å². The van der Waals surface area contributed by atoms with Crippen molar-refractivity contribution in [2.45, 2.75) is 11.3 Å². The van der Waals surface area contributed by atoms with Crippen LogP contribution in [0.4, 0.5) is 5.00 Å². The molecule has 0 saturated carbocycles. The van der Waals surface area contributed by atoms with E-state index in [1.54, 1.807) is 36.0 Å². The van der Waals surface area contributed by atoms with Gasteiger partial charge in [0.1, 0.15) is 10.7 Å². The molecule has 1 N–H and O–H groups in total. The normalized spacial score (nSPS) is 10.4. The number of rotatable bonds is 6. The van der Waals surface area contributed by atoms with E-state index in [0.717, 1.165) is 21.3 Å². The summed E-state index contributed by atoms with van der Waals surface area (Å²) in [4.78, 5) is 29.5. The van der Waals surface area contributed by atoms with E-state index in [-0.39, 0.29) is 17.0 Å². The third-order valence-electron chi connectivity index (χ3n) is 3.73. The molecule has 7 heteroatoms. The number of anilines is 1. The van der Waals surface area contributed by atoms with E-state index in [9.17, 15) is 9.59 Å². The van der Waals surface area contributed by atoms with Gasteiger partial charge in [0, 0.05) is 5.56 Å². The number of nitrogens with one attached hydrogen (secondary N) is 1. The molecule has 0 atom stereocenters. The molecular weight excluding hydrogens is 380 g/mol. The van der Waals surface area contributed by atoms with Gasteiger partial charge in [-0.25, -0.2) is 9.78 Å². The summed E-state index contributed by atoms with van der Waals surface area (Å²) in [5, 5.41) is 3.57. The van der Waals surface area contributed by atoms with Crippen molar-refractivity contribution in [2.24, 2.45) is 0 Å². The smallest absolute Gasteiger partial charge is 0.338 e. The molecule has 3 aromatic rings. The van der Waals surface area contributed by atoms with Gasteiger partial charge in [0.25, 0.3) is 5.91 Å². The van der Waals surface area contributed by atoms with Gasteiger partial charge >= 0.3 is 5.97 Å². The molecule has 0 spiro atoms. The Morgan fingerprint density at radius 2 is 1.74 bits per heavy atom. The second kappa shape index (κ2) is 8.83. The number of hydrogen-bond donors (Lipinski definition) is 1. The largest absolute Gasteiger partial charge is 0.465 e. The lowest BCUT2D eigenvalue weighted by molar-refractivity contribution is 0.0597. The molecule has 5 nitrogen and oxygen atoms in total. The maximum atomic E-state index is 12.9. The van der Waals surface area contributed by atoms with Crippen LogP contribution in [0.15, 0.2) is 58.9 Å². The Morgan fingerprint density at radius 1 is 1.07 bits per heavy atom. The minimum Gasteiger partial charge on any atom is -0.465 e. The van der Waals surface area contributed by atoms with Gasteiger partial charge in [-0.05, 0) is 17.9 Å². The molecule has 0 fully saturated rings. The number of carbonyl (C=O) groups excluding carboxylic acids is 2. The van der Waals surface area contributed by atoms with Crippen molar-refractivity contribution in [3.63, 3.8) is 0 Å². The fraction of sp³-hybridized carbons (Fsp3) is 0.150. The van der Waals surface area contributed by atoms with Gasteiger partial charge in [0.15, 0.2) is 4.34 Å². The number of esters is 1.